The lowest BCUT2D eigenvalue weighted by molar-refractivity contribution is -0.170. The molecule has 0 spiro atoms. The van der Waals surface area contributed by atoms with Crippen molar-refractivity contribution in [1.29, 1.82) is 0 Å². The Morgan fingerprint density at radius 1 is 1.19 bits per heavy atom. The molecule has 3 atom stereocenters. The normalized spacial score (nSPS) is 23.9. The SMILES string of the molecule is Cc1cccc(-c2cccc(N3CC[C@@H](C(=O)OC(C)(C)C)[C@H]4OCCC[C@@H]43)n2)c1O. The number of aromatic hydroxyl groups is 1. The number of pyridine rings is 1. The molecule has 3 heterocycles. The second-order valence-electron chi connectivity index (χ2n) is 9.52. The number of fused-ring (bicyclic) bond motifs is 1. The van der Waals surface area contributed by atoms with Gasteiger partial charge < -0.3 is 19.5 Å². The number of phenolic OH excluding ortho intramolecular Hbond substituents is 1. The van der Waals surface area contributed by atoms with Crippen molar-refractivity contribution in [1.82, 2.24) is 4.98 Å². The van der Waals surface area contributed by atoms with Gasteiger partial charge in [-0.25, -0.2) is 4.98 Å². The number of phenols is 1. The van der Waals surface area contributed by atoms with Crippen LogP contribution in [0, 0.1) is 12.8 Å². The number of para-hydroxylation sites is 1. The molecule has 2 saturated heterocycles. The molecule has 0 saturated carbocycles. The van der Waals surface area contributed by atoms with E-state index < -0.39 is 5.60 Å². The molecule has 0 unspecified atom stereocenters. The van der Waals surface area contributed by atoms with E-state index in [0.29, 0.717) is 19.6 Å². The maximum Gasteiger partial charge on any atom is 0.312 e. The van der Waals surface area contributed by atoms with E-state index in [1.807, 2.05) is 64.1 Å². The molecule has 0 aliphatic carbocycles. The zero-order valence-electron chi connectivity index (χ0n) is 18.8. The Bertz CT molecular complexity index is 953. The minimum absolute atomic E-state index is 0.0777. The molecule has 2 aromatic rings. The molecule has 2 aliphatic rings. The van der Waals surface area contributed by atoms with E-state index in [0.717, 1.165) is 35.5 Å². The molecular weight excluding hydrogens is 392 g/mol. The number of rotatable bonds is 3. The van der Waals surface area contributed by atoms with Gasteiger partial charge in [-0.05, 0) is 70.7 Å². The van der Waals surface area contributed by atoms with Gasteiger partial charge in [-0.1, -0.05) is 18.2 Å². The Balaban J connectivity index is 1.61. The Morgan fingerprint density at radius 3 is 2.74 bits per heavy atom. The molecule has 2 fully saturated rings. The quantitative estimate of drug-likeness (QED) is 0.733. The van der Waals surface area contributed by atoms with E-state index in [1.165, 1.54) is 0 Å². The van der Waals surface area contributed by atoms with Crippen molar-refractivity contribution < 1.29 is 19.4 Å². The number of hydrogen-bond donors (Lipinski definition) is 1. The zero-order valence-corrected chi connectivity index (χ0v) is 18.8. The highest BCUT2D eigenvalue weighted by molar-refractivity contribution is 5.75. The maximum absolute atomic E-state index is 12.9. The van der Waals surface area contributed by atoms with Gasteiger partial charge in [0.15, 0.2) is 0 Å². The summed E-state index contributed by atoms with van der Waals surface area (Å²) in [6.45, 7) is 8.96. The lowest BCUT2D eigenvalue weighted by atomic mass is 9.83. The number of anilines is 1. The van der Waals surface area contributed by atoms with Crippen molar-refractivity contribution >= 4 is 11.8 Å². The van der Waals surface area contributed by atoms with Gasteiger partial charge in [-0.15, -0.1) is 0 Å². The summed E-state index contributed by atoms with van der Waals surface area (Å²) in [6, 6.07) is 11.7. The average molecular weight is 425 g/mol. The van der Waals surface area contributed by atoms with Crippen LogP contribution in [0.1, 0.15) is 45.6 Å². The molecular formula is C25H32N2O4. The van der Waals surface area contributed by atoms with Crippen LogP contribution in [0.4, 0.5) is 5.82 Å². The number of carbonyl (C=O) groups excluding carboxylic acids is 1. The summed E-state index contributed by atoms with van der Waals surface area (Å²) >= 11 is 0. The van der Waals surface area contributed by atoms with Crippen molar-refractivity contribution in [3.63, 3.8) is 0 Å². The predicted octanol–water partition coefficient (Wildman–Crippen LogP) is 4.48. The number of aryl methyl sites for hydroxylation is 1. The lowest BCUT2D eigenvalue weighted by Crippen LogP contribution is -2.58. The molecule has 2 aliphatic heterocycles. The number of carbonyl (C=O) groups is 1. The van der Waals surface area contributed by atoms with Crippen LogP contribution in [0.25, 0.3) is 11.3 Å². The molecule has 1 aromatic carbocycles. The topological polar surface area (TPSA) is 71.9 Å². The second kappa shape index (κ2) is 8.50. The summed E-state index contributed by atoms with van der Waals surface area (Å²) in [6.07, 6.45) is 2.37. The van der Waals surface area contributed by atoms with Gasteiger partial charge in [-0.2, -0.15) is 0 Å². The summed E-state index contributed by atoms with van der Waals surface area (Å²) in [5.41, 5.74) is 1.77. The number of nitrogens with zero attached hydrogens (tertiary/aromatic N) is 2. The highest BCUT2D eigenvalue weighted by Gasteiger charge is 2.45. The van der Waals surface area contributed by atoms with Gasteiger partial charge in [-0.3, -0.25) is 4.79 Å². The van der Waals surface area contributed by atoms with Crippen LogP contribution >= 0.6 is 0 Å². The summed E-state index contributed by atoms with van der Waals surface area (Å²) in [5, 5.41) is 10.5. The molecule has 31 heavy (non-hydrogen) atoms. The van der Waals surface area contributed by atoms with Crippen molar-refractivity contribution in [2.75, 3.05) is 18.1 Å². The average Bonchev–Trinajstić information content (AvgIpc) is 2.73. The van der Waals surface area contributed by atoms with E-state index in [9.17, 15) is 9.90 Å². The third-order valence-electron chi connectivity index (χ3n) is 6.06. The van der Waals surface area contributed by atoms with Crippen LogP contribution in [0.2, 0.25) is 0 Å². The smallest absolute Gasteiger partial charge is 0.312 e. The van der Waals surface area contributed by atoms with E-state index in [4.69, 9.17) is 14.5 Å². The summed E-state index contributed by atoms with van der Waals surface area (Å²) in [5.74, 6) is 0.677. The van der Waals surface area contributed by atoms with E-state index in [1.54, 1.807) is 0 Å². The van der Waals surface area contributed by atoms with E-state index in [-0.39, 0.29) is 29.8 Å². The molecule has 1 N–H and O–H groups in total. The van der Waals surface area contributed by atoms with E-state index >= 15 is 0 Å². The highest BCUT2D eigenvalue weighted by Crippen LogP contribution is 2.37. The first kappa shape index (κ1) is 21.6. The molecule has 0 bridgehead atoms. The van der Waals surface area contributed by atoms with Gasteiger partial charge in [0.2, 0.25) is 0 Å². The Labute approximate surface area is 184 Å². The number of hydrogen-bond acceptors (Lipinski definition) is 6. The molecule has 6 heteroatoms. The Hall–Kier alpha value is -2.60. The minimum Gasteiger partial charge on any atom is -0.507 e. The molecule has 6 nitrogen and oxygen atoms in total. The van der Waals surface area contributed by atoms with Crippen molar-refractivity contribution in [3.8, 4) is 17.0 Å². The van der Waals surface area contributed by atoms with E-state index in [2.05, 4.69) is 4.90 Å². The Morgan fingerprint density at radius 2 is 1.97 bits per heavy atom. The first-order valence-corrected chi connectivity index (χ1v) is 11.1. The van der Waals surface area contributed by atoms with Crippen LogP contribution in [0.3, 0.4) is 0 Å². The predicted molar refractivity (Wildman–Crippen MR) is 120 cm³/mol. The van der Waals surface area contributed by atoms with Crippen LogP contribution in [0.5, 0.6) is 5.75 Å². The van der Waals surface area contributed by atoms with Crippen molar-refractivity contribution in [3.05, 3.63) is 42.0 Å². The third kappa shape index (κ3) is 4.54. The van der Waals surface area contributed by atoms with Gasteiger partial charge in [0.05, 0.1) is 23.8 Å². The third-order valence-corrected chi connectivity index (χ3v) is 6.06. The fraction of sp³-hybridized carbons (Fsp3) is 0.520. The number of aromatic nitrogens is 1. The number of ether oxygens (including phenoxy) is 2. The fourth-order valence-electron chi connectivity index (χ4n) is 4.63. The Kier molecular flexibility index (Phi) is 5.93. The monoisotopic (exact) mass is 424 g/mol. The summed E-state index contributed by atoms with van der Waals surface area (Å²) in [4.78, 5) is 20.0. The first-order valence-electron chi connectivity index (χ1n) is 11.1. The molecule has 166 valence electrons. The summed E-state index contributed by atoms with van der Waals surface area (Å²) < 4.78 is 11.8. The molecule has 1 aromatic heterocycles. The molecule has 0 amide bonds. The van der Waals surface area contributed by atoms with Gasteiger partial charge in [0.25, 0.3) is 0 Å². The molecule has 4 rings (SSSR count). The lowest BCUT2D eigenvalue weighted by Gasteiger charge is -2.47. The van der Waals surface area contributed by atoms with Crippen molar-refractivity contribution in [2.45, 2.75) is 64.7 Å². The van der Waals surface area contributed by atoms with Gasteiger partial charge in [0.1, 0.15) is 17.2 Å². The highest BCUT2D eigenvalue weighted by atomic mass is 16.6. The number of piperidine rings is 1. The maximum atomic E-state index is 12.9. The fourth-order valence-corrected chi connectivity index (χ4v) is 4.63. The number of esters is 1. The standard InChI is InChI=1S/C25H32N2O4/c1-16-8-5-9-17(22(16)28)19-10-6-12-21(26-19)27-14-13-18(24(29)31-25(2,3)4)23-20(27)11-7-15-30-23/h5-6,8-10,12,18,20,23,28H,7,11,13-15H2,1-4H3/t18-,20+,23-/m1/s1. The van der Waals surface area contributed by atoms with Gasteiger partial charge in [0, 0.05) is 18.7 Å². The second-order valence-corrected chi connectivity index (χ2v) is 9.52. The zero-order chi connectivity index (χ0) is 22.2. The van der Waals surface area contributed by atoms with Gasteiger partial charge >= 0.3 is 5.97 Å². The van der Waals surface area contributed by atoms with Crippen LogP contribution in [-0.2, 0) is 14.3 Å². The van der Waals surface area contributed by atoms with Crippen LogP contribution in [0.15, 0.2) is 36.4 Å². The first-order chi connectivity index (χ1) is 14.7. The van der Waals surface area contributed by atoms with Crippen LogP contribution in [-0.4, -0.2) is 47.0 Å². The summed E-state index contributed by atoms with van der Waals surface area (Å²) in [7, 11) is 0. The molecule has 0 radical (unpaired) electrons. The largest absolute Gasteiger partial charge is 0.507 e. The minimum atomic E-state index is -0.510. The van der Waals surface area contributed by atoms with Crippen molar-refractivity contribution in [2.24, 2.45) is 5.92 Å². The number of benzene rings is 1. The van der Waals surface area contributed by atoms with Crippen LogP contribution < -0.4 is 4.90 Å².